The van der Waals surface area contributed by atoms with Crippen LogP contribution >= 0.6 is 0 Å². The Kier molecular flexibility index (Phi) is 10.6. The average molecular weight is 469 g/mol. The molecule has 0 spiro atoms. The van der Waals surface area contributed by atoms with Gasteiger partial charge >= 0.3 is 0 Å². The molecule has 7 nitrogen and oxygen atoms in total. The molecule has 0 saturated carbocycles. The van der Waals surface area contributed by atoms with Crippen molar-refractivity contribution in [2.75, 3.05) is 42.7 Å². The molecule has 0 bridgehead atoms. The minimum absolute atomic E-state index is 0.513. The minimum Gasteiger partial charge on any atom is -0.504 e. The lowest BCUT2D eigenvalue weighted by atomic mass is 10.0. The maximum Gasteiger partial charge on any atom is 0.128 e. The molecule has 182 valence electrons. The van der Waals surface area contributed by atoms with Crippen molar-refractivity contribution >= 4 is 6.08 Å². The van der Waals surface area contributed by atoms with E-state index in [2.05, 4.69) is 0 Å². The van der Waals surface area contributed by atoms with Crippen LogP contribution < -0.4 is 18.9 Å². The van der Waals surface area contributed by atoms with Gasteiger partial charge < -0.3 is 33.5 Å². The second-order valence-corrected chi connectivity index (χ2v) is 6.99. The summed E-state index contributed by atoms with van der Waals surface area (Å²) in [6.45, 7) is 0. The molecule has 0 aliphatic carbocycles. The van der Waals surface area contributed by atoms with Gasteiger partial charge in [-0.05, 0) is 47.6 Å². The third-order valence-electron chi connectivity index (χ3n) is 4.86. The molecule has 1 N–H and O–H groups in total. The van der Waals surface area contributed by atoms with Crippen molar-refractivity contribution in [3.63, 3.8) is 0 Å². The molecule has 0 radical (unpaired) electrons. The van der Waals surface area contributed by atoms with Crippen LogP contribution in [-0.4, -0.2) is 47.8 Å². The molecule has 0 saturated heterocycles. The predicted molar refractivity (Wildman–Crippen MR) is 132 cm³/mol. The lowest BCUT2D eigenvalue weighted by Crippen LogP contribution is -1.99. The van der Waals surface area contributed by atoms with Gasteiger partial charge in [-0.25, -0.2) is 0 Å². The maximum absolute atomic E-state index is 11.0. The Hall–Kier alpha value is -3.84. The zero-order valence-corrected chi connectivity index (χ0v) is 20.4. The molecule has 1 atom stereocenters. The molecule has 1 unspecified atom stereocenters. The first-order valence-corrected chi connectivity index (χ1v) is 10.5. The van der Waals surface area contributed by atoms with Crippen LogP contribution in [0.4, 0.5) is 0 Å². The lowest BCUT2D eigenvalue weighted by Gasteiger charge is -2.14. The van der Waals surface area contributed by atoms with E-state index in [0.29, 0.717) is 39.9 Å². The van der Waals surface area contributed by atoms with E-state index in [1.165, 1.54) is 6.26 Å². The van der Waals surface area contributed by atoms with E-state index in [1.807, 2.05) is 24.3 Å². The van der Waals surface area contributed by atoms with Crippen LogP contribution in [0.5, 0.6) is 23.0 Å². The van der Waals surface area contributed by atoms with E-state index in [-0.39, 0.29) is 0 Å². The van der Waals surface area contributed by atoms with E-state index in [4.69, 9.17) is 28.4 Å². The molecular formula is C27H32O7. The summed E-state index contributed by atoms with van der Waals surface area (Å²) in [5.74, 6) is 3.02. The summed E-state index contributed by atoms with van der Waals surface area (Å²) in [7, 11) is 9.43. The van der Waals surface area contributed by atoms with Gasteiger partial charge in [0, 0.05) is 23.8 Å². The lowest BCUT2D eigenvalue weighted by molar-refractivity contribution is 0.222. The quantitative estimate of drug-likeness (QED) is 0.344. The molecule has 2 rings (SSSR count). The molecule has 2 aromatic carbocycles. The smallest absolute Gasteiger partial charge is 0.128 e. The van der Waals surface area contributed by atoms with E-state index in [0.717, 1.165) is 5.56 Å². The van der Waals surface area contributed by atoms with Crippen molar-refractivity contribution in [1.29, 1.82) is 0 Å². The highest BCUT2D eigenvalue weighted by molar-refractivity contribution is 5.59. The standard InChI is InChI=1S/C27H32O7/c1-29-12-11-22(31-3)13-20(8-7-19-14-23(32-4)17-24(15-19)33-5)16-26(28)25-10-9-21(30-2)18-27(25)34-6/h7-18,26,28H,1-6H3/b8-7+,12-11+,20-16+,22-13+. The number of hydrogen-bond acceptors (Lipinski definition) is 7. The van der Waals surface area contributed by atoms with E-state index in [9.17, 15) is 5.11 Å². The van der Waals surface area contributed by atoms with Gasteiger partial charge in [-0.3, -0.25) is 0 Å². The second-order valence-electron chi connectivity index (χ2n) is 6.99. The molecule has 0 aliphatic rings. The summed E-state index contributed by atoms with van der Waals surface area (Å²) >= 11 is 0. The summed E-state index contributed by atoms with van der Waals surface area (Å²) < 4.78 is 31.8. The maximum atomic E-state index is 11.0. The number of benzene rings is 2. The van der Waals surface area contributed by atoms with Crippen LogP contribution in [0.1, 0.15) is 17.2 Å². The molecule has 0 heterocycles. The third kappa shape index (κ3) is 7.64. The zero-order chi connectivity index (χ0) is 24.9. The van der Waals surface area contributed by atoms with Gasteiger partial charge in [0.1, 0.15) is 34.9 Å². The normalized spacial score (nSPS) is 13.1. The first kappa shape index (κ1) is 26.4. The third-order valence-corrected chi connectivity index (χ3v) is 4.86. The van der Waals surface area contributed by atoms with Crippen LogP contribution in [0.3, 0.4) is 0 Å². The van der Waals surface area contributed by atoms with Crippen molar-refractivity contribution in [3.8, 4) is 23.0 Å². The molecule has 0 aromatic heterocycles. The Morgan fingerprint density at radius 2 is 1.47 bits per heavy atom. The Bertz CT molecular complexity index is 1030. The Morgan fingerprint density at radius 3 is 2.03 bits per heavy atom. The zero-order valence-electron chi connectivity index (χ0n) is 20.4. The summed E-state index contributed by atoms with van der Waals surface area (Å²) in [5.41, 5.74) is 2.14. The van der Waals surface area contributed by atoms with Crippen molar-refractivity contribution in [3.05, 3.63) is 89.4 Å². The summed E-state index contributed by atoms with van der Waals surface area (Å²) in [6, 6.07) is 10.8. The molecule has 0 aliphatic heterocycles. The molecular weight excluding hydrogens is 436 g/mol. The summed E-state index contributed by atoms with van der Waals surface area (Å²) in [5, 5.41) is 11.0. The van der Waals surface area contributed by atoms with E-state index < -0.39 is 6.10 Å². The van der Waals surface area contributed by atoms with Crippen LogP contribution in [0, 0.1) is 0 Å². The van der Waals surface area contributed by atoms with Crippen molar-refractivity contribution in [2.45, 2.75) is 6.10 Å². The van der Waals surface area contributed by atoms with Gasteiger partial charge in [0.25, 0.3) is 0 Å². The summed E-state index contributed by atoms with van der Waals surface area (Å²) in [4.78, 5) is 0. The van der Waals surface area contributed by atoms with Crippen LogP contribution in [0.2, 0.25) is 0 Å². The fraction of sp³-hybridized carbons (Fsp3) is 0.259. The molecule has 0 fully saturated rings. The number of aliphatic hydroxyl groups is 1. The molecule has 7 heteroatoms. The fourth-order valence-corrected chi connectivity index (χ4v) is 3.08. The largest absolute Gasteiger partial charge is 0.504 e. The van der Waals surface area contributed by atoms with Crippen LogP contribution in [0.15, 0.2) is 78.3 Å². The Morgan fingerprint density at radius 1 is 0.794 bits per heavy atom. The number of allylic oxidation sites excluding steroid dienone is 4. The molecule has 34 heavy (non-hydrogen) atoms. The van der Waals surface area contributed by atoms with Gasteiger partial charge in [0.2, 0.25) is 0 Å². The fourth-order valence-electron chi connectivity index (χ4n) is 3.08. The molecule has 0 amide bonds. The number of ether oxygens (including phenoxy) is 6. The second kappa shape index (κ2) is 13.6. The van der Waals surface area contributed by atoms with Gasteiger partial charge in [0.15, 0.2) is 0 Å². The summed E-state index contributed by atoms with van der Waals surface area (Å²) in [6.07, 6.45) is 9.44. The highest BCUT2D eigenvalue weighted by atomic mass is 16.5. The van der Waals surface area contributed by atoms with Crippen molar-refractivity contribution in [1.82, 2.24) is 0 Å². The molecule has 2 aromatic rings. The first-order valence-electron chi connectivity index (χ1n) is 10.5. The van der Waals surface area contributed by atoms with Crippen molar-refractivity contribution < 1.29 is 33.5 Å². The van der Waals surface area contributed by atoms with Crippen LogP contribution in [0.25, 0.3) is 6.08 Å². The van der Waals surface area contributed by atoms with Gasteiger partial charge in [0.05, 0.1) is 48.9 Å². The Labute approximate surface area is 201 Å². The van der Waals surface area contributed by atoms with E-state index in [1.54, 1.807) is 85.2 Å². The Balaban J connectivity index is 2.51. The topological polar surface area (TPSA) is 75.6 Å². The monoisotopic (exact) mass is 468 g/mol. The van der Waals surface area contributed by atoms with E-state index >= 15 is 0 Å². The number of rotatable bonds is 12. The number of hydrogen-bond donors (Lipinski definition) is 1. The van der Waals surface area contributed by atoms with Crippen LogP contribution in [-0.2, 0) is 9.47 Å². The number of aliphatic hydroxyl groups excluding tert-OH is 1. The highest BCUT2D eigenvalue weighted by Crippen LogP contribution is 2.31. The number of methoxy groups -OCH3 is 6. The minimum atomic E-state index is -0.957. The highest BCUT2D eigenvalue weighted by Gasteiger charge is 2.13. The predicted octanol–water partition coefficient (Wildman–Crippen LogP) is 5.08. The van der Waals surface area contributed by atoms with Gasteiger partial charge in [-0.15, -0.1) is 0 Å². The van der Waals surface area contributed by atoms with Crippen molar-refractivity contribution in [2.24, 2.45) is 0 Å². The first-order chi connectivity index (χ1) is 16.5. The average Bonchev–Trinajstić information content (AvgIpc) is 2.88. The van der Waals surface area contributed by atoms with Gasteiger partial charge in [-0.2, -0.15) is 0 Å². The van der Waals surface area contributed by atoms with Gasteiger partial charge in [-0.1, -0.05) is 12.2 Å². The SMILES string of the molecule is CO/C=C/C(=C\C(\C=C\c1cc(OC)cc(OC)c1)=C\C(O)c1ccc(OC)cc1OC)OC.